The molecule has 0 aliphatic carbocycles. The van der Waals surface area contributed by atoms with Crippen molar-refractivity contribution >= 4 is 5.84 Å². The maximum Gasteiger partial charge on any atom is 0.144 e. The van der Waals surface area contributed by atoms with E-state index < -0.39 is 5.60 Å². The van der Waals surface area contributed by atoms with Crippen LogP contribution >= 0.6 is 0 Å². The summed E-state index contributed by atoms with van der Waals surface area (Å²) in [6, 6.07) is 0. The summed E-state index contributed by atoms with van der Waals surface area (Å²) in [5, 5.41) is 21.9. The number of amidine groups is 1. The second-order valence-electron chi connectivity index (χ2n) is 7.02. The van der Waals surface area contributed by atoms with Crippen LogP contribution in [0.2, 0.25) is 0 Å². The molecule has 1 atom stereocenters. The second-order valence-corrected chi connectivity index (χ2v) is 7.02. The van der Waals surface area contributed by atoms with E-state index in [1.807, 2.05) is 20.8 Å². The fraction of sp³-hybridized carbons (Fsp3) is 0.933. The quantitative estimate of drug-likeness (QED) is 0.230. The van der Waals surface area contributed by atoms with E-state index in [4.69, 9.17) is 10.9 Å². The lowest BCUT2D eigenvalue weighted by atomic mass is 9.86. The highest BCUT2D eigenvalue weighted by Crippen LogP contribution is 2.24. The third-order valence-corrected chi connectivity index (χ3v) is 4.48. The molecule has 1 rings (SSSR count). The van der Waals surface area contributed by atoms with Crippen molar-refractivity contribution in [2.75, 3.05) is 19.6 Å². The Morgan fingerprint density at radius 3 is 2.65 bits per heavy atom. The van der Waals surface area contributed by atoms with Crippen LogP contribution in [0.25, 0.3) is 0 Å². The van der Waals surface area contributed by atoms with E-state index in [2.05, 4.69) is 10.1 Å². The first-order chi connectivity index (χ1) is 9.27. The Morgan fingerprint density at radius 1 is 1.30 bits per heavy atom. The Bertz CT molecular complexity index is 327. The Kier molecular flexibility index (Phi) is 6.27. The standard InChI is InChI=1S/C15H31N3O2/c1-14(2,13(16)17-20)7-4-5-10-18-11-6-8-15(3,19)9-12-18/h19-20H,4-12H2,1-3H3,(H2,16,17). The molecular formula is C15H31N3O2. The van der Waals surface area contributed by atoms with Crippen molar-refractivity contribution in [2.24, 2.45) is 16.3 Å². The first kappa shape index (κ1) is 17.2. The summed E-state index contributed by atoms with van der Waals surface area (Å²) in [7, 11) is 0. The fourth-order valence-corrected chi connectivity index (χ4v) is 2.71. The number of nitrogens with two attached hydrogens (primary N) is 1. The van der Waals surface area contributed by atoms with Gasteiger partial charge in [0.1, 0.15) is 5.84 Å². The highest BCUT2D eigenvalue weighted by Gasteiger charge is 2.25. The van der Waals surface area contributed by atoms with Crippen molar-refractivity contribution in [3.8, 4) is 0 Å². The molecule has 0 radical (unpaired) electrons. The molecule has 0 aromatic carbocycles. The summed E-state index contributed by atoms with van der Waals surface area (Å²) >= 11 is 0. The van der Waals surface area contributed by atoms with E-state index in [9.17, 15) is 5.11 Å². The summed E-state index contributed by atoms with van der Waals surface area (Å²) < 4.78 is 0. The molecule has 118 valence electrons. The molecule has 20 heavy (non-hydrogen) atoms. The summed E-state index contributed by atoms with van der Waals surface area (Å²) in [5.41, 5.74) is 4.97. The molecule has 0 amide bonds. The van der Waals surface area contributed by atoms with Crippen LogP contribution in [0.1, 0.15) is 59.3 Å². The molecule has 1 heterocycles. The Hall–Kier alpha value is -0.810. The molecule has 5 nitrogen and oxygen atoms in total. The zero-order chi connectivity index (χ0) is 15.2. The van der Waals surface area contributed by atoms with Gasteiger partial charge >= 0.3 is 0 Å². The van der Waals surface area contributed by atoms with E-state index in [-0.39, 0.29) is 5.41 Å². The first-order valence-corrected chi connectivity index (χ1v) is 7.70. The molecule has 5 heteroatoms. The van der Waals surface area contributed by atoms with E-state index in [1.54, 1.807) is 0 Å². The van der Waals surface area contributed by atoms with Gasteiger partial charge in [-0.05, 0) is 52.1 Å². The van der Waals surface area contributed by atoms with Crippen molar-refractivity contribution in [3.63, 3.8) is 0 Å². The average molecular weight is 285 g/mol. The van der Waals surface area contributed by atoms with Crippen LogP contribution in [-0.4, -0.2) is 46.3 Å². The van der Waals surface area contributed by atoms with Crippen LogP contribution in [0.5, 0.6) is 0 Å². The monoisotopic (exact) mass is 285 g/mol. The van der Waals surface area contributed by atoms with E-state index >= 15 is 0 Å². The number of rotatable bonds is 6. The van der Waals surface area contributed by atoms with Gasteiger partial charge in [-0.3, -0.25) is 0 Å². The maximum absolute atomic E-state index is 10.1. The number of aliphatic hydroxyl groups is 1. The molecule has 1 saturated heterocycles. The fourth-order valence-electron chi connectivity index (χ4n) is 2.71. The summed E-state index contributed by atoms with van der Waals surface area (Å²) in [5.74, 6) is 0.309. The van der Waals surface area contributed by atoms with E-state index in [1.165, 1.54) is 0 Å². The lowest BCUT2D eigenvalue weighted by Gasteiger charge is -2.24. The highest BCUT2D eigenvalue weighted by molar-refractivity contribution is 5.85. The number of likely N-dealkylation sites (tertiary alicyclic amines) is 1. The Morgan fingerprint density at radius 2 is 2.00 bits per heavy atom. The molecule has 0 saturated carbocycles. The van der Waals surface area contributed by atoms with E-state index in [0.717, 1.165) is 58.2 Å². The molecule has 4 N–H and O–H groups in total. The van der Waals surface area contributed by atoms with Gasteiger partial charge < -0.3 is 20.9 Å². The van der Waals surface area contributed by atoms with Crippen LogP contribution in [-0.2, 0) is 0 Å². The molecule has 0 bridgehead atoms. The van der Waals surface area contributed by atoms with Crippen molar-refractivity contribution < 1.29 is 10.3 Å². The number of hydrogen-bond donors (Lipinski definition) is 3. The summed E-state index contributed by atoms with van der Waals surface area (Å²) in [6.45, 7) is 9.09. The third kappa shape index (κ3) is 5.67. The van der Waals surface area contributed by atoms with Crippen LogP contribution in [0.4, 0.5) is 0 Å². The number of nitrogens with zero attached hydrogens (tertiary/aromatic N) is 2. The molecule has 1 unspecified atom stereocenters. The van der Waals surface area contributed by atoms with Gasteiger partial charge in [0, 0.05) is 12.0 Å². The largest absolute Gasteiger partial charge is 0.409 e. The van der Waals surface area contributed by atoms with Crippen LogP contribution < -0.4 is 5.73 Å². The molecular weight excluding hydrogens is 254 g/mol. The third-order valence-electron chi connectivity index (χ3n) is 4.48. The van der Waals surface area contributed by atoms with Gasteiger partial charge in [0.05, 0.1) is 5.60 Å². The lowest BCUT2D eigenvalue weighted by molar-refractivity contribution is 0.0446. The van der Waals surface area contributed by atoms with Crippen LogP contribution in [0.15, 0.2) is 5.16 Å². The molecule has 1 aliphatic rings. The molecule has 0 aromatic heterocycles. The minimum atomic E-state index is -0.483. The van der Waals surface area contributed by atoms with Crippen molar-refractivity contribution in [2.45, 2.75) is 64.9 Å². The van der Waals surface area contributed by atoms with Gasteiger partial charge in [-0.15, -0.1) is 0 Å². The predicted molar refractivity (Wildman–Crippen MR) is 82.0 cm³/mol. The van der Waals surface area contributed by atoms with Gasteiger partial charge in [0.15, 0.2) is 0 Å². The van der Waals surface area contributed by atoms with Gasteiger partial charge in [-0.2, -0.15) is 0 Å². The minimum absolute atomic E-state index is 0.239. The topological polar surface area (TPSA) is 82.1 Å². The predicted octanol–water partition coefficient (Wildman–Crippen LogP) is 2.17. The Balaban J connectivity index is 2.25. The SMILES string of the molecule is CC1(O)CCCN(CCCCC(C)(C)C(N)=NO)CC1. The molecule has 0 aromatic rings. The normalized spacial score (nSPS) is 26.5. The van der Waals surface area contributed by atoms with Gasteiger partial charge in [-0.25, -0.2) is 0 Å². The van der Waals surface area contributed by atoms with Gasteiger partial charge in [0.25, 0.3) is 0 Å². The maximum atomic E-state index is 10.1. The van der Waals surface area contributed by atoms with Crippen LogP contribution in [0.3, 0.4) is 0 Å². The minimum Gasteiger partial charge on any atom is -0.409 e. The second kappa shape index (κ2) is 7.27. The van der Waals surface area contributed by atoms with Gasteiger partial charge in [0.2, 0.25) is 0 Å². The number of oxime groups is 1. The molecule has 0 spiro atoms. The summed E-state index contributed by atoms with van der Waals surface area (Å²) in [6.07, 6.45) is 5.94. The van der Waals surface area contributed by atoms with Crippen molar-refractivity contribution in [3.05, 3.63) is 0 Å². The van der Waals surface area contributed by atoms with Gasteiger partial charge in [-0.1, -0.05) is 25.4 Å². The smallest absolute Gasteiger partial charge is 0.144 e. The zero-order valence-corrected chi connectivity index (χ0v) is 13.2. The summed E-state index contributed by atoms with van der Waals surface area (Å²) in [4.78, 5) is 2.44. The molecule has 1 fully saturated rings. The van der Waals surface area contributed by atoms with Crippen molar-refractivity contribution in [1.82, 2.24) is 4.90 Å². The average Bonchev–Trinajstić information content (AvgIpc) is 2.55. The Labute approximate surface area is 122 Å². The first-order valence-electron chi connectivity index (χ1n) is 7.70. The van der Waals surface area contributed by atoms with E-state index in [0.29, 0.717) is 5.84 Å². The van der Waals surface area contributed by atoms with Crippen LogP contribution in [0, 0.1) is 5.41 Å². The van der Waals surface area contributed by atoms with Crippen molar-refractivity contribution in [1.29, 1.82) is 0 Å². The number of hydrogen-bond acceptors (Lipinski definition) is 4. The zero-order valence-electron chi connectivity index (χ0n) is 13.2. The highest BCUT2D eigenvalue weighted by atomic mass is 16.4. The lowest BCUT2D eigenvalue weighted by Crippen LogP contribution is -2.32. The molecule has 1 aliphatic heterocycles. The number of unbranched alkanes of at least 4 members (excludes halogenated alkanes) is 1.